The topological polar surface area (TPSA) is 102 Å². The van der Waals surface area contributed by atoms with Crippen LogP contribution in [0.25, 0.3) is 0 Å². The zero-order valence-electron chi connectivity index (χ0n) is 17.4. The van der Waals surface area contributed by atoms with Crippen molar-refractivity contribution in [3.63, 3.8) is 0 Å². The SMILES string of the molecule is COc1cc(C)c(S(=O)(=O)Nc2cc(S(=O)(=O)N3CCCC3)ccc2OC)c(C)c1. The largest absolute Gasteiger partial charge is 0.497 e. The zero-order chi connectivity index (χ0) is 22.1. The van der Waals surface area contributed by atoms with Gasteiger partial charge in [-0.05, 0) is 68.1 Å². The van der Waals surface area contributed by atoms with Crippen molar-refractivity contribution >= 4 is 25.7 Å². The highest BCUT2D eigenvalue weighted by Gasteiger charge is 2.29. The average Bonchev–Trinajstić information content (AvgIpc) is 3.22. The van der Waals surface area contributed by atoms with E-state index in [1.807, 2.05) is 0 Å². The quantitative estimate of drug-likeness (QED) is 0.690. The molecule has 0 radical (unpaired) electrons. The van der Waals surface area contributed by atoms with Crippen molar-refractivity contribution in [2.75, 3.05) is 32.0 Å². The summed E-state index contributed by atoms with van der Waals surface area (Å²) in [6.45, 7) is 4.27. The summed E-state index contributed by atoms with van der Waals surface area (Å²) in [6, 6.07) is 7.45. The summed E-state index contributed by atoms with van der Waals surface area (Å²) < 4.78 is 66.5. The lowest BCUT2D eigenvalue weighted by Gasteiger charge is -2.19. The Morgan fingerprint density at radius 2 is 1.50 bits per heavy atom. The van der Waals surface area contributed by atoms with Crippen molar-refractivity contribution in [2.24, 2.45) is 0 Å². The third-order valence-corrected chi connectivity index (χ3v) is 8.62. The molecule has 1 aliphatic rings. The van der Waals surface area contributed by atoms with E-state index in [2.05, 4.69) is 4.72 Å². The number of sulfonamides is 2. The van der Waals surface area contributed by atoms with E-state index in [1.54, 1.807) is 26.0 Å². The number of ether oxygens (including phenoxy) is 2. The van der Waals surface area contributed by atoms with Gasteiger partial charge in [0.1, 0.15) is 11.5 Å². The minimum atomic E-state index is -4.01. The predicted molar refractivity (Wildman–Crippen MR) is 114 cm³/mol. The maximum absolute atomic E-state index is 13.2. The molecule has 0 aromatic heterocycles. The summed E-state index contributed by atoms with van der Waals surface area (Å²) in [6.07, 6.45) is 1.62. The molecule has 2 aromatic rings. The van der Waals surface area contributed by atoms with Crippen molar-refractivity contribution in [3.8, 4) is 11.5 Å². The van der Waals surface area contributed by atoms with E-state index in [0.29, 0.717) is 30.0 Å². The molecule has 1 aliphatic heterocycles. The van der Waals surface area contributed by atoms with Gasteiger partial charge in [0.05, 0.1) is 29.7 Å². The van der Waals surface area contributed by atoms with Crippen molar-refractivity contribution in [1.29, 1.82) is 0 Å². The number of rotatable bonds is 7. The number of anilines is 1. The number of benzene rings is 2. The summed E-state index contributed by atoms with van der Waals surface area (Å²) in [7, 11) is -4.81. The summed E-state index contributed by atoms with van der Waals surface area (Å²) >= 11 is 0. The van der Waals surface area contributed by atoms with Gasteiger partial charge in [-0.15, -0.1) is 0 Å². The van der Waals surface area contributed by atoms with E-state index in [0.717, 1.165) is 12.8 Å². The maximum atomic E-state index is 13.2. The van der Waals surface area contributed by atoms with Crippen LogP contribution < -0.4 is 14.2 Å². The Hall–Kier alpha value is -2.30. The molecular formula is C20H26N2O6S2. The van der Waals surface area contributed by atoms with Crippen molar-refractivity contribution in [2.45, 2.75) is 36.5 Å². The molecule has 1 N–H and O–H groups in total. The molecule has 164 valence electrons. The fraction of sp³-hybridized carbons (Fsp3) is 0.400. The van der Waals surface area contributed by atoms with Crippen molar-refractivity contribution in [3.05, 3.63) is 41.5 Å². The Labute approximate surface area is 177 Å². The van der Waals surface area contributed by atoms with Gasteiger partial charge in [-0.25, -0.2) is 16.8 Å². The monoisotopic (exact) mass is 454 g/mol. The second kappa shape index (κ2) is 8.44. The first-order valence-electron chi connectivity index (χ1n) is 9.46. The molecule has 0 atom stereocenters. The number of hydrogen-bond donors (Lipinski definition) is 1. The lowest BCUT2D eigenvalue weighted by Crippen LogP contribution is -2.28. The fourth-order valence-corrected chi connectivity index (χ4v) is 6.71. The molecule has 1 saturated heterocycles. The fourth-order valence-electron chi connectivity index (χ4n) is 3.65. The smallest absolute Gasteiger partial charge is 0.262 e. The van der Waals surface area contributed by atoms with Gasteiger partial charge < -0.3 is 9.47 Å². The molecule has 0 amide bonds. The van der Waals surface area contributed by atoms with Gasteiger partial charge in [0.2, 0.25) is 10.0 Å². The van der Waals surface area contributed by atoms with Crippen LogP contribution in [0.5, 0.6) is 11.5 Å². The maximum Gasteiger partial charge on any atom is 0.262 e. The van der Waals surface area contributed by atoms with Crippen LogP contribution in [0.2, 0.25) is 0 Å². The van der Waals surface area contributed by atoms with Crippen LogP contribution in [0, 0.1) is 13.8 Å². The van der Waals surface area contributed by atoms with Gasteiger partial charge in [-0.3, -0.25) is 4.72 Å². The molecule has 1 heterocycles. The normalized spacial score (nSPS) is 15.2. The van der Waals surface area contributed by atoms with Gasteiger partial charge in [-0.2, -0.15) is 4.31 Å². The Kier molecular flexibility index (Phi) is 6.30. The average molecular weight is 455 g/mol. The molecule has 0 saturated carbocycles. The van der Waals surface area contributed by atoms with E-state index in [1.165, 1.54) is 36.7 Å². The molecule has 2 aromatic carbocycles. The van der Waals surface area contributed by atoms with Crippen LogP contribution in [0.15, 0.2) is 40.1 Å². The van der Waals surface area contributed by atoms with E-state index in [-0.39, 0.29) is 21.2 Å². The third kappa shape index (κ3) is 4.26. The van der Waals surface area contributed by atoms with Crippen molar-refractivity contribution in [1.82, 2.24) is 4.31 Å². The van der Waals surface area contributed by atoms with Crippen LogP contribution >= 0.6 is 0 Å². The second-order valence-corrected chi connectivity index (χ2v) is 10.7. The highest BCUT2D eigenvalue weighted by atomic mass is 32.2. The number of aryl methyl sites for hydroxylation is 2. The van der Waals surface area contributed by atoms with Gasteiger partial charge in [0.25, 0.3) is 10.0 Å². The summed E-state index contributed by atoms with van der Waals surface area (Å²) in [5.41, 5.74) is 1.09. The Morgan fingerprint density at radius 1 is 0.900 bits per heavy atom. The van der Waals surface area contributed by atoms with Gasteiger partial charge in [0, 0.05) is 13.1 Å². The summed E-state index contributed by atoms with van der Waals surface area (Å²) in [4.78, 5) is 0.129. The van der Waals surface area contributed by atoms with Gasteiger partial charge in [0.15, 0.2) is 0 Å². The summed E-state index contributed by atoms with van der Waals surface area (Å²) in [5.74, 6) is 0.781. The highest BCUT2D eigenvalue weighted by Crippen LogP contribution is 2.33. The highest BCUT2D eigenvalue weighted by molar-refractivity contribution is 7.92. The first-order valence-corrected chi connectivity index (χ1v) is 12.4. The Bertz CT molecular complexity index is 1130. The third-order valence-electron chi connectivity index (χ3n) is 5.06. The van der Waals surface area contributed by atoms with E-state index in [4.69, 9.17) is 9.47 Å². The van der Waals surface area contributed by atoms with Crippen LogP contribution in [0.3, 0.4) is 0 Å². The molecular weight excluding hydrogens is 428 g/mol. The van der Waals surface area contributed by atoms with Crippen molar-refractivity contribution < 1.29 is 26.3 Å². The Balaban J connectivity index is 2.03. The molecule has 8 nitrogen and oxygen atoms in total. The molecule has 0 bridgehead atoms. The van der Waals surface area contributed by atoms with Crippen LogP contribution in [0.1, 0.15) is 24.0 Å². The van der Waals surface area contributed by atoms with E-state index in [9.17, 15) is 16.8 Å². The molecule has 10 heteroatoms. The molecule has 0 aliphatic carbocycles. The zero-order valence-corrected chi connectivity index (χ0v) is 19.1. The first kappa shape index (κ1) is 22.4. The van der Waals surface area contributed by atoms with Gasteiger partial charge >= 0.3 is 0 Å². The van der Waals surface area contributed by atoms with Crippen LogP contribution in [-0.2, 0) is 20.0 Å². The predicted octanol–water partition coefficient (Wildman–Crippen LogP) is 2.91. The number of nitrogens with zero attached hydrogens (tertiary/aromatic N) is 1. The lowest BCUT2D eigenvalue weighted by molar-refractivity contribution is 0.413. The minimum absolute atomic E-state index is 0.0195. The Morgan fingerprint density at radius 3 is 2.03 bits per heavy atom. The van der Waals surface area contributed by atoms with Crippen LogP contribution in [0.4, 0.5) is 5.69 Å². The summed E-state index contributed by atoms with van der Waals surface area (Å²) in [5, 5.41) is 0. The number of methoxy groups -OCH3 is 2. The molecule has 0 spiro atoms. The first-order chi connectivity index (χ1) is 14.1. The van der Waals surface area contributed by atoms with E-state index >= 15 is 0 Å². The molecule has 0 unspecified atom stereocenters. The minimum Gasteiger partial charge on any atom is -0.497 e. The lowest BCUT2D eigenvalue weighted by atomic mass is 10.1. The number of hydrogen-bond acceptors (Lipinski definition) is 6. The number of nitrogens with one attached hydrogen (secondary N) is 1. The standard InChI is InChI=1S/C20H26N2O6S2/c1-14-11-16(27-3)12-15(2)20(14)29(23,24)21-18-13-17(7-8-19(18)28-4)30(25,26)22-9-5-6-10-22/h7-8,11-13,21H,5-6,9-10H2,1-4H3. The second-order valence-electron chi connectivity index (χ2n) is 7.17. The molecule has 30 heavy (non-hydrogen) atoms. The molecule has 1 fully saturated rings. The van der Waals surface area contributed by atoms with E-state index < -0.39 is 20.0 Å². The van der Waals surface area contributed by atoms with Crippen LogP contribution in [-0.4, -0.2) is 48.4 Å². The molecule has 3 rings (SSSR count). The van der Waals surface area contributed by atoms with Gasteiger partial charge in [-0.1, -0.05) is 0 Å².